The van der Waals surface area contributed by atoms with Gasteiger partial charge < -0.3 is 5.73 Å². The van der Waals surface area contributed by atoms with Crippen molar-refractivity contribution in [3.8, 4) is 6.07 Å². The Balaban J connectivity index is -0.000000210. The zero-order valence-corrected chi connectivity index (χ0v) is 30.6. The summed E-state index contributed by atoms with van der Waals surface area (Å²) in [6.45, 7) is 32.7. The van der Waals surface area contributed by atoms with Gasteiger partial charge in [-0.3, -0.25) is 10.3 Å². The highest BCUT2D eigenvalue weighted by molar-refractivity contribution is 8.07. The number of nitrogens with zero attached hydrogens (tertiary/aromatic N) is 2. The molecule has 0 saturated heterocycles. The lowest BCUT2D eigenvalue weighted by Crippen LogP contribution is -2.18. The number of hydrogen-bond donors (Lipinski definition) is 2. The highest BCUT2D eigenvalue weighted by Gasteiger charge is 2.11. The van der Waals surface area contributed by atoms with E-state index in [1.165, 1.54) is 32.1 Å². The molecule has 1 atom stereocenters. The van der Waals surface area contributed by atoms with Crippen LogP contribution in [-0.2, 0) is 0 Å². The van der Waals surface area contributed by atoms with Gasteiger partial charge in [-0.05, 0) is 75.8 Å². The molecule has 0 radical (unpaired) electrons. The molecule has 3 N–H and O–H groups in total. The number of rotatable bonds is 11. The third-order valence-electron chi connectivity index (χ3n) is 4.81. The fraction of sp³-hybridized carbons (Fsp3) is 0.611. The van der Waals surface area contributed by atoms with Crippen LogP contribution in [0.3, 0.4) is 0 Å². The average molecular weight is 589 g/mol. The van der Waals surface area contributed by atoms with E-state index >= 15 is 0 Å². The lowest BCUT2D eigenvalue weighted by molar-refractivity contribution is 0.554. The van der Waals surface area contributed by atoms with Gasteiger partial charge in [-0.15, -0.1) is 0 Å². The van der Waals surface area contributed by atoms with Crippen molar-refractivity contribution >= 4 is 23.5 Å². The number of nitriles is 1. The second kappa shape index (κ2) is 37.9. The normalized spacial score (nSPS) is 11.3. The molecular formula is C36H68N4S. The number of benzene rings is 1. The van der Waals surface area contributed by atoms with E-state index in [-0.39, 0.29) is 6.17 Å². The van der Waals surface area contributed by atoms with Gasteiger partial charge in [0.05, 0.1) is 17.8 Å². The van der Waals surface area contributed by atoms with Crippen molar-refractivity contribution in [1.29, 1.82) is 5.26 Å². The van der Waals surface area contributed by atoms with Crippen molar-refractivity contribution in [3.63, 3.8) is 0 Å². The zero-order valence-electron chi connectivity index (χ0n) is 29.7. The van der Waals surface area contributed by atoms with Crippen LogP contribution >= 0.6 is 11.8 Å². The van der Waals surface area contributed by atoms with Crippen LogP contribution in [0.4, 0.5) is 0 Å². The molecule has 1 aromatic rings. The Morgan fingerprint density at radius 1 is 1.00 bits per heavy atom. The maximum atomic E-state index is 8.96. The Kier molecular flexibility index (Phi) is 44.9. The highest BCUT2D eigenvalue weighted by atomic mass is 32.2. The van der Waals surface area contributed by atoms with Crippen LogP contribution in [0.25, 0.3) is 5.57 Å². The van der Waals surface area contributed by atoms with Crippen molar-refractivity contribution in [2.24, 2.45) is 10.7 Å². The van der Waals surface area contributed by atoms with Crippen LogP contribution in [-0.4, -0.2) is 25.5 Å². The van der Waals surface area contributed by atoms with Crippen LogP contribution in [0.2, 0.25) is 0 Å². The van der Waals surface area contributed by atoms with Gasteiger partial charge in [0.2, 0.25) is 0 Å². The Bertz CT molecular complexity index is 824. The molecule has 0 aliphatic heterocycles. The number of nitrogens with one attached hydrogen (secondary N) is 1. The van der Waals surface area contributed by atoms with Crippen LogP contribution in [0, 0.1) is 11.3 Å². The average Bonchev–Trinajstić information content (AvgIpc) is 3.00. The number of thioether (sulfide) groups is 1. The summed E-state index contributed by atoms with van der Waals surface area (Å²) in [5, 5.41) is 12.1. The van der Waals surface area contributed by atoms with E-state index in [1.54, 1.807) is 11.8 Å². The molecule has 1 unspecified atom stereocenters. The molecule has 1 aromatic carbocycles. The minimum Gasteiger partial charge on any atom is -0.328 e. The molecule has 1 rings (SSSR count). The molecule has 0 fully saturated rings. The van der Waals surface area contributed by atoms with E-state index in [0.29, 0.717) is 11.6 Å². The van der Waals surface area contributed by atoms with E-state index in [4.69, 9.17) is 11.0 Å². The predicted octanol–water partition coefficient (Wildman–Crippen LogP) is 11.5. The van der Waals surface area contributed by atoms with E-state index in [0.717, 1.165) is 26.5 Å². The monoisotopic (exact) mass is 589 g/mol. The molecule has 0 amide bonds. The van der Waals surface area contributed by atoms with Gasteiger partial charge in [-0.1, -0.05) is 125 Å². The molecule has 0 heterocycles. The van der Waals surface area contributed by atoms with Crippen LogP contribution in [0.1, 0.15) is 140 Å². The maximum absolute atomic E-state index is 8.96. The minimum absolute atomic E-state index is 0.0613. The van der Waals surface area contributed by atoms with Crippen LogP contribution in [0.5, 0.6) is 0 Å². The third-order valence-corrected chi connectivity index (χ3v) is 5.91. The molecule has 0 spiro atoms. The first-order valence-corrected chi connectivity index (χ1v) is 16.6. The third kappa shape index (κ3) is 29.2. The molecule has 5 heteroatoms. The Morgan fingerprint density at radius 2 is 1.44 bits per heavy atom. The van der Waals surface area contributed by atoms with E-state index in [1.807, 2.05) is 99.8 Å². The van der Waals surface area contributed by atoms with Crippen LogP contribution in [0.15, 0.2) is 57.3 Å². The molecule has 4 nitrogen and oxygen atoms in total. The lowest BCUT2D eigenvalue weighted by atomic mass is 10.0. The predicted molar refractivity (Wildman–Crippen MR) is 195 cm³/mol. The molecule has 41 heavy (non-hydrogen) atoms. The highest BCUT2D eigenvalue weighted by Crippen LogP contribution is 2.35. The molecule has 0 saturated carbocycles. The molecule has 238 valence electrons. The summed E-state index contributed by atoms with van der Waals surface area (Å²) in [5.74, 6) is 0. The van der Waals surface area contributed by atoms with Gasteiger partial charge in [0.1, 0.15) is 0 Å². The summed E-state index contributed by atoms with van der Waals surface area (Å²) in [7, 11) is 1.89. The van der Waals surface area contributed by atoms with Crippen molar-refractivity contribution in [2.45, 2.75) is 141 Å². The topological polar surface area (TPSA) is 74.2 Å². The molecule has 0 aromatic heterocycles. The van der Waals surface area contributed by atoms with Gasteiger partial charge >= 0.3 is 0 Å². The molecular weight excluding hydrogens is 520 g/mol. The number of hydrogen-bond acceptors (Lipinski definition) is 5. The molecule has 0 aliphatic rings. The van der Waals surface area contributed by atoms with E-state index < -0.39 is 0 Å². The fourth-order valence-electron chi connectivity index (χ4n) is 2.87. The van der Waals surface area contributed by atoms with Crippen molar-refractivity contribution in [3.05, 3.63) is 63.4 Å². The summed E-state index contributed by atoms with van der Waals surface area (Å²) in [6, 6.07) is 10.3. The first-order valence-electron chi connectivity index (χ1n) is 15.8. The first kappa shape index (κ1) is 48.6. The van der Waals surface area contributed by atoms with Gasteiger partial charge in [0.25, 0.3) is 0 Å². The number of nitrogens with two attached hydrogens (primary N) is 1. The van der Waals surface area contributed by atoms with Gasteiger partial charge in [-0.25, -0.2) is 0 Å². The van der Waals surface area contributed by atoms with Crippen molar-refractivity contribution in [2.75, 3.05) is 7.05 Å². The Labute approximate surface area is 262 Å². The Hall–Kier alpha value is -2.13. The van der Waals surface area contributed by atoms with Gasteiger partial charge in [-0.2, -0.15) is 5.26 Å². The summed E-state index contributed by atoms with van der Waals surface area (Å²) >= 11 is 1.64. The fourth-order valence-corrected chi connectivity index (χ4v) is 3.78. The molecule has 0 bridgehead atoms. The zero-order chi connectivity index (χ0) is 33.2. The summed E-state index contributed by atoms with van der Waals surface area (Å²) in [6.07, 6.45) is 10.1. The van der Waals surface area contributed by atoms with Gasteiger partial charge in [0.15, 0.2) is 0 Å². The summed E-state index contributed by atoms with van der Waals surface area (Å²) < 4.78 is 0. The van der Waals surface area contributed by atoms with Crippen molar-refractivity contribution in [1.82, 2.24) is 5.32 Å². The van der Waals surface area contributed by atoms with Gasteiger partial charge in [0, 0.05) is 22.7 Å². The Morgan fingerprint density at radius 3 is 1.76 bits per heavy atom. The standard InChI is InChI=1S/C20H25N3S.C7H17N.C3H8.3C2H6/c1-7-18(13-23-16(5)22-6)20(24-14(2)3)15(4)19-10-8-17(12-21)9-11-19;1-3-5-7(8)6-4-2;1-3-2;3*1-2/h7-11,13,16,22H,2H2,1,3-6H3;7H,3-6,8H2,1-2H3;3H2,1-2H3;3*1-2H3/b18-7+,20-15+,23-13-;;;;;. The largest absolute Gasteiger partial charge is 0.328 e. The second-order valence-corrected chi connectivity index (χ2v) is 9.79. The van der Waals surface area contributed by atoms with E-state index in [9.17, 15) is 0 Å². The van der Waals surface area contributed by atoms with Crippen LogP contribution < -0.4 is 11.1 Å². The SMILES string of the molecule is C=C(C)SC(/C(/C=N\C(C)NC)=C/C)=C(\C)c1ccc(C#N)cc1.CC.CC.CC.CCC.CCCC(N)CCC. The maximum Gasteiger partial charge on any atom is 0.0991 e. The smallest absolute Gasteiger partial charge is 0.0991 e. The van der Waals surface area contributed by atoms with Crippen molar-refractivity contribution < 1.29 is 0 Å². The minimum atomic E-state index is 0.0613. The lowest BCUT2D eigenvalue weighted by Gasteiger charge is -2.14. The molecule has 0 aliphatic carbocycles. The summed E-state index contributed by atoms with van der Waals surface area (Å²) in [5.41, 5.74) is 9.65. The summed E-state index contributed by atoms with van der Waals surface area (Å²) in [4.78, 5) is 6.67. The quantitative estimate of drug-likeness (QED) is 0.199. The van der Waals surface area contributed by atoms with E-state index in [2.05, 4.69) is 63.7 Å². The second-order valence-electron chi connectivity index (χ2n) is 8.48. The first-order chi connectivity index (χ1) is 19.6. The number of aliphatic imine (C=N–C) groups is 1. The number of allylic oxidation sites excluding steroid dienone is 4.